The topological polar surface area (TPSA) is 75.4 Å². The number of aliphatic imine (C=N–C) groups is 1. The number of allylic oxidation sites excluding steroid dienone is 2. The summed E-state index contributed by atoms with van der Waals surface area (Å²) in [5.41, 5.74) is 2.93. The molecule has 0 saturated heterocycles. The molecule has 0 spiro atoms. The van der Waals surface area contributed by atoms with Crippen LogP contribution in [0.3, 0.4) is 0 Å². The van der Waals surface area contributed by atoms with Gasteiger partial charge in [0.1, 0.15) is 17.0 Å². The van der Waals surface area contributed by atoms with E-state index in [9.17, 15) is 9.90 Å². The van der Waals surface area contributed by atoms with Gasteiger partial charge in [-0.05, 0) is 48.6 Å². The van der Waals surface area contributed by atoms with Gasteiger partial charge in [-0.2, -0.15) is 0 Å². The molecule has 1 aromatic carbocycles. The smallest absolute Gasteiger partial charge is 0.204 e. The molecule has 23 heavy (non-hydrogen) atoms. The van der Waals surface area contributed by atoms with Crippen LogP contribution in [-0.4, -0.2) is 26.6 Å². The van der Waals surface area contributed by atoms with Crippen molar-refractivity contribution in [1.29, 1.82) is 0 Å². The van der Waals surface area contributed by atoms with E-state index < -0.39 is 0 Å². The minimum Gasteiger partial charge on any atom is -0.506 e. The molecule has 0 fully saturated rings. The maximum absolute atomic E-state index is 11.9. The number of ketones is 1. The molecule has 5 heteroatoms. The lowest BCUT2D eigenvalue weighted by molar-refractivity contribution is 0.104. The summed E-state index contributed by atoms with van der Waals surface area (Å²) in [7, 11) is 0. The van der Waals surface area contributed by atoms with Crippen molar-refractivity contribution < 1.29 is 9.90 Å². The number of phenols is 1. The Hall–Kier alpha value is -3.34. The molecule has 1 N–H and O–H groups in total. The number of hydrogen-bond acceptors (Lipinski definition) is 5. The Morgan fingerprint density at radius 1 is 0.957 bits per heavy atom. The maximum Gasteiger partial charge on any atom is 0.204 e. The standard InChI is InChI=1S/C18H11N3O2/c22-15-7-5-13(11-3-1-9-19-17(11)15)21-14-6-8-16(23)18-12(14)4-2-10-20-18/h1-10,22H. The number of rotatable bonds is 1. The van der Waals surface area contributed by atoms with Crippen LogP contribution >= 0.6 is 0 Å². The number of pyridine rings is 2. The molecule has 2 heterocycles. The van der Waals surface area contributed by atoms with E-state index in [0.29, 0.717) is 28.2 Å². The maximum atomic E-state index is 11.9. The van der Waals surface area contributed by atoms with Crippen molar-refractivity contribution in [3.63, 3.8) is 0 Å². The fourth-order valence-corrected chi connectivity index (χ4v) is 2.60. The number of benzene rings is 1. The third-order valence-electron chi connectivity index (χ3n) is 3.68. The second-order valence-electron chi connectivity index (χ2n) is 5.10. The van der Waals surface area contributed by atoms with Crippen LogP contribution in [0, 0.1) is 0 Å². The second kappa shape index (κ2) is 5.14. The average Bonchev–Trinajstić information content (AvgIpc) is 2.60. The molecule has 0 unspecified atom stereocenters. The Labute approximate surface area is 131 Å². The summed E-state index contributed by atoms with van der Waals surface area (Å²) in [6.45, 7) is 0. The fourth-order valence-electron chi connectivity index (χ4n) is 2.60. The highest BCUT2D eigenvalue weighted by Crippen LogP contribution is 2.31. The molecular formula is C18H11N3O2. The molecule has 1 aliphatic carbocycles. The molecule has 110 valence electrons. The summed E-state index contributed by atoms with van der Waals surface area (Å²) in [5, 5.41) is 10.7. The quantitative estimate of drug-likeness (QED) is 0.749. The van der Waals surface area contributed by atoms with Gasteiger partial charge >= 0.3 is 0 Å². The van der Waals surface area contributed by atoms with Crippen LogP contribution < -0.4 is 0 Å². The Morgan fingerprint density at radius 3 is 2.70 bits per heavy atom. The van der Waals surface area contributed by atoms with Crippen molar-refractivity contribution in [2.45, 2.75) is 0 Å². The number of phenolic OH excluding ortho intramolecular Hbond substituents is 1. The molecule has 0 atom stereocenters. The number of aromatic nitrogens is 2. The van der Waals surface area contributed by atoms with Gasteiger partial charge in [0.05, 0.1) is 11.4 Å². The Kier molecular flexibility index (Phi) is 2.98. The van der Waals surface area contributed by atoms with Crippen LogP contribution in [0.1, 0.15) is 16.1 Å². The number of carbonyl (C=O) groups is 1. The molecule has 0 aliphatic heterocycles. The van der Waals surface area contributed by atoms with E-state index in [2.05, 4.69) is 15.0 Å². The molecule has 0 saturated carbocycles. The van der Waals surface area contributed by atoms with Crippen molar-refractivity contribution in [3.05, 3.63) is 72.2 Å². The largest absolute Gasteiger partial charge is 0.506 e. The minimum absolute atomic E-state index is 0.112. The zero-order chi connectivity index (χ0) is 15.8. The summed E-state index contributed by atoms with van der Waals surface area (Å²) in [5.74, 6) is -0.0160. The first-order valence-electron chi connectivity index (χ1n) is 7.07. The van der Waals surface area contributed by atoms with Crippen molar-refractivity contribution >= 4 is 28.1 Å². The molecular weight excluding hydrogens is 290 g/mol. The SMILES string of the molecule is O=C1C=CC(=Nc2ccc(O)c3ncccc23)c2cccnc21. The van der Waals surface area contributed by atoms with Crippen LogP contribution in [0.2, 0.25) is 0 Å². The molecule has 1 aliphatic rings. The van der Waals surface area contributed by atoms with Gasteiger partial charge in [-0.25, -0.2) is 4.99 Å². The van der Waals surface area contributed by atoms with E-state index in [1.54, 1.807) is 42.7 Å². The summed E-state index contributed by atoms with van der Waals surface area (Å²) >= 11 is 0. The lowest BCUT2D eigenvalue weighted by Crippen LogP contribution is -2.13. The van der Waals surface area contributed by atoms with Gasteiger partial charge in [0, 0.05) is 23.3 Å². The Bertz CT molecular complexity index is 1010. The number of aromatic hydroxyl groups is 1. The monoisotopic (exact) mass is 301 g/mol. The predicted octanol–water partition coefficient (Wildman–Crippen LogP) is 3.21. The van der Waals surface area contributed by atoms with E-state index in [1.807, 2.05) is 12.1 Å². The molecule has 5 nitrogen and oxygen atoms in total. The van der Waals surface area contributed by atoms with Gasteiger partial charge < -0.3 is 5.11 Å². The average molecular weight is 301 g/mol. The van der Waals surface area contributed by atoms with E-state index in [4.69, 9.17) is 0 Å². The first kappa shape index (κ1) is 13.3. The highest BCUT2D eigenvalue weighted by molar-refractivity contribution is 6.23. The van der Waals surface area contributed by atoms with Crippen LogP contribution in [0.25, 0.3) is 10.9 Å². The van der Waals surface area contributed by atoms with Crippen LogP contribution in [-0.2, 0) is 0 Å². The highest BCUT2D eigenvalue weighted by atomic mass is 16.3. The van der Waals surface area contributed by atoms with Crippen molar-refractivity contribution in [2.75, 3.05) is 0 Å². The molecule has 2 aromatic heterocycles. The summed E-state index contributed by atoms with van der Waals surface area (Å²) in [6.07, 6.45) is 6.36. The molecule has 4 rings (SSSR count). The summed E-state index contributed by atoms with van der Waals surface area (Å²) < 4.78 is 0. The Balaban J connectivity index is 1.94. The highest BCUT2D eigenvalue weighted by Gasteiger charge is 2.18. The third-order valence-corrected chi connectivity index (χ3v) is 3.68. The van der Waals surface area contributed by atoms with Crippen molar-refractivity contribution in [2.24, 2.45) is 4.99 Å². The minimum atomic E-state index is -0.128. The van der Waals surface area contributed by atoms with Crippen molar-refractivity contribution in [3.8, 4) is 5.75 Å². The number of nitrogens with zero attached hydrogens (tertiary/aromatic N) is 3. The molecule has 0 bridgehead atoms. The van der Waals surface area contributed by atoms with Crippen molar-refractivity contribution in [1.82, 2.24) is 9.97 Å². The number of hydrogen-bond donors (Lipinski definition) is 1. The van der Waals surface area contributed by atoms with E-state index in [-0.39, 0.29) is 11.5 Å². The first-order chi connectivity index (χ1) is 11.2. The molecule has 0 amide bonds. The van der Waals surface area contributed by atoms with Gasteiger partial charge in [-0.3, -0.25) is 14.8 Å². The number of fused-ring (bicyclic) bond motifs is 2. The summed E-state index contributed by atoms with van der Waals surface area (Å²) in [6, 6.07) is 10.5. The van der Waals surface area contributed by atoms with Crippen LogP contribution in [0.15, 0.2) is 65.9 Å². The lowest BCUT2D eigenvalue weighted by Gasteiger charge is -2.11. The van der Waals surface area contributed by atoms with Crippen LogP contribution in [0.5, 0.6) is 5.75 Å². The normalized spacial score (nSPS) is 15.1. The van der Waals surface area contributed by atoms with Gasteiger partial charge in [0.25, 0.3) is 0 Å². The number of carbonyl (C=O) groups excluding carboxylic acids is 1. The lowest BCUT2D eigenvalue weighted by atomic mass is 9.99. The fraction of sp³-hybridized carbons (Fsp3) is 0. The zero-order valence-electron chi connectivity index (χ0n) is 12.0. The Morgan fingerprint density at radius 2 is 1.78 bits per heavy atom. The predicted molar refractivity (Wildman–Crippen MR) is 87.3 cm³/mol. The van der Waals surface area contributed by atoms with E-state index in [0.717, 1.165) is 5.39 Å². The molecule has 0 radical (unpaired) electrons. The summed E-state index contributed by atoms with van der Waals surface area (Å²) in [4.78, 5) is 24.9. The van der Waals surface area contributed by atoms with Gasteiger partial charge in [0.2, 0.25) is 5.78 Å². The second-order valence-corrected chi connectivity index (χ2v) is 5.10. The van der Waals surface area contributed by atoms with Crippen LogP contribution in [0.4, 0.5) is 5.69 Å². The van der Waals surface area contributed by atoms with Gasteiger partial charge in [-0.15, -0.1) is 0 Å². The van der Waals surface area contributed by atoms with Gasteiger partial charge in [0.15, 0.2) is 0 Å². The van der Waals surface area contributed by atoms with E-state index in [1.165, 1.54) is 6.08 Å². The third kappa shape index (κ3) is 2.19. The molecule has 3 aromatic rings. The van der Waals surface area contributed by atoms with Gasteiger partial charge in [-0.1, -0.05) is 0 Å². The first-order valence-corrected chi connectivity index (χ1v) is 7.07. The zero-order valence-corrected chi connectivity index (χ0v) is 12.0. The van der Waals surface area contributed by atoms with E-state index >= 15 is 0 Å².